The van der Waals surface area contributed by atoms with Gasteiger partial charge in [-0.3, -0.25) is 14.3 Å². The van der Waals surface area contributed by atoms with Crippen molar-refractivity contribution in [2.75, 3.05) is 31.1 Å². The van der Waals surface area contributed by atoms with Crippen LogP contribution in [0.2, 0.25) is 0 Å². The van der Waals surface area contributed by atoms with Gasteiger partial charge in [-0.25, -0.2) is 23.5 Å². The number of carbonyl (C=O) groups is 3. The van der Waals surface area contributed by atoms with Crippen LogP contribution in [0.5, 0.6) is 0 Å². The van der Waals surface area contributed by atoms with Gasteiger partial charge in [0, 0.05) is 72.5 Å². The zero-order chi connectivity index (χ0) is 47.3. The van der Waals surface area contributed by atoms with Crippen LogP contribution >= 0.6 is 11.3 Å². The summed E-state index contributed by atoms with van der Waals surface area (Å²) in [6, 6.07) is 16.3. The lowest BCUT2D eigenvalue weighted by molar-refractivity contribution is -0.142. The van der Waals surface area contributed by atoms with Gasteiger partial charge in [0.25, 0.3) is 5.92 Å². The molecule has 11 nitrogen and oxygen atoms in total. The molecular weight excluding hydrogens is 904 g/mol. The molecule has 4 heterocycles. The number of alkyl halides is 5. The Morgan fingerprint density at radius 2 is 1.60 bits per heavy atom. The molecule has 3 aliphatic carbocycles. The van der Waals surface area contributed by atoms with E-state index in [9.17, 15) is 36.3 Å². The molecule has 3 aromatic carbocycles. The maximum Gasteiger partial charge on any atom is 0.435 e. The Morgan fingerprint density at radius 3 is 2.28 bits per heavy atom. The number of nitrogens with one attached hydrogen (secondary N) is 1. The number of ketones is 1. The van der Waals surface area contributed by atoms with E-state index in [4.69, 9.17) is 14.7 Å². The second-order valence-electron chi connectivity index (χ2n) is 18.5. The second kappa shape index (κ2) is 16.2. The lowest BCUT2D eigenvalue weighted by Gasteiger charge is -2.36. The number of Topliss-reactive ketones (excluding diaryl/α,β-unsaturated/α-hetero) is 1. The molecule has 1 saturated carbocycles. The lowest BCUT2D eigenvalue weighted by atomic mass is 9.93. The molecule has 2 fully saturated rings. The van der Waals surface area contributed by atoms with Crippen LogP contribution in [0.25, 0.3) is 32.0 Å². The smallest absolute Gasteiger partial charge is 0.435 e. The van der Waals surface area contributed by atoms with E-state index in [1.807, 2.05) is 51.1 Å². The predicted octanol–water partition coefficient (Wildman–Crippen LogP) is 10.0. The zero-order valence-corrected chi connectivity index (χ0v) is 37.1. The molecule has 0 radical (unpaired) electrons. The third kappa shape index (κ3) is 8.50. The highest BCUT2D eigenvalue weighted by atomic mass is 32.1. The van der Waals surface area contributed by atoms with Crippen LogP contribution in [-0.2, 0) is 41.0 Å². The van der Waals surface area contributed by atoms with Gasteiger partial charge in [-0.05, 0) is 111 Å². The molecule has 3 atom stereocenters. The molecule has 10 rings (SSSR count). The lowest BCUT2D eigenvalue weighted by Crippen LogP contribution is -2.50. The Balaban J connectivity index is 1.00. The third-order valence-corrected chi connectivity index (χ3v) is 13.7. The van der Waals surface area contributed by atoms with Crippen molar-refractivity contribution in [2.45, 2.75) is 82.7 Å². The number of pyridine rings is 1. The summed E-state index contributed by atoms with van der Waals surface area (Å²) in [6.07, 6.45) is -4.97. The minimum absolute atomic E-state index is 0.0691. The van der Waals surface area contributed by atoms with Gasteiger partial charge in [-0.2, -0.15) is 27.1 Å². The molecule has 2 amide bonds. The van der Waals surface area contributed by atoms with Crippen molar-refractivity contribution in [3.8, 4) is 21.7 Å². The number of hydrogen-bond donors (Lipinski definition) is 1. The van der Waals surface area contributed by atoms with E-state index in [2.05, 4.69) is 15.3 Å². The van der Waals surface area contributed by atoms with E-state index in [1.54, 1.807) is 23.1 Å². The number of rotatable bonds is 9. The monoisotopic (exact) mass is 945 g/mol. The van der Waals surface area contributed by atoms with Crippen molar-refractivity contribution in [1.29, 1.82) is 0 Å². The summed E-state index contributed by atoms with van der Waals surface area (Å²) >= 11 is 1.32. The van der Waals surface area contributed by atoms with Crippen LogP contribution in [0.3, 0.4) is 0 Å². The number of amides is 2. The zero-order valence-electron chi connectivity index (χ0n) is 36.3. The number of fused-ring (bicyclic) bond motifs is 5. The van der Waals surface area contributed by atoms with Gasteiger partial charge in [0.1, 0.15) is 34.5 Å². The summed E-state index contributed by atoms with van der Waals surface area (Å²) in [5.74, 6) is -8.90. The number of ether oxygens (including phenoxy) is 1. The van der Waals surface area contributed by atoms with Crippen LogP contribution in [0.4, 0.5) is 41.2 Å². The summed E-state index contributed by atoms with van der Waals surface area (Å²) in [5, 5.41) is 6.82. The highest BCUT2D eigenvalue weighted by molar-refractivity contribution is 7.21. The molecule has 0 bridgehead atoms. The number of nitrogens with zero attached hydrogens (tertiary/aromatic N) is 6. The summed E-state index contributed by atoms with van der Waals surface area (Å²) in [5.41, 5.74) is 0.813. The van der Waals surface area contributed by atoms with Crippen LogP contribution in [-0.4, -0.2) is 74.2 Å². The quantitative estimate of drug-likeness (QED) is 0.142. The first-order valence-corrected chi connectivity index (χ1v) is 22.6. The summed E-state index contributed by atoms with van der Waals surface area (Å²) in [7, 11) is 0. The maximum absolute atomic E-state index is 15.5. The molecule has 4 aliphatic rings. The first-order valence-electron chi connectivity index (χ1n) is 21.8. The normalized spacial score (nSPS) is 19.0. The van der Waals surface area contributed by atoms with Gasteiger partial charge in [-0.1, -0.05) is 12.1 Å². The SMILES string of the molecule is CC(C)(C)OC(=O)N1CCN(c2ccc(-c3nc4nc([C@H](Cc5cc(F)cc(F)c5)NC(=O)Cn5nc(C(F)(F)F)c6c5C(F)(F)[C@@H]5C[C@H]65)c(-c5ccc6c(c5)C(=O)CC6)cc4s3)cc2)CC1. The van der Waals surface area contributed by atoms with Gasteiger partial charge >= 0.3 is 12.3 Å². The number of aromatic nitrogens is 4. The number of hydrogen-bond acceptors (Lipinski definition) is 9. The third-order valence-electron chi connectivity index (χ3n) is 12.7. The fraction of sp³-hybridized carbons (Fsp3) is 0.375. The van der Waals surface area contributed by atoms with Gasteiger partial charge in [0.2, 0.25) is 5.91 Å². The average molecular weight is 946 g/mol. The summed E-state index contributed by atoms with van der Waals surface area (Å²) in [4.78, 5) is 53.3. The summed E-state index contributed by atoms with van der Waals surface area (Å²) in [6.45, 7) is 6.60. The molecule has 3 aromatic heterocycles. The summed E-state index contributed by atoms with van der Waals surface area (Å²) < 4.78 is 109. The molecule has 19 heteroatoms. The van der Waals surface area contributed by atoms with Crippen molar-refractivity contribution in [3.05, 3.63) is 118 Å². The maximum atomic E-state index is 15.5. The fourth-order valence-electron chi connectivity index (χ4n) is 9.54. The van der Waals surface area contributed by atoms with Crippen LogP contribution in [0.15, 0.2) is 66.7 Å². The van der Waals surface area contributed by atoms with E-state index >= 15 is 8.78 Å². The molecule has 1 N–H and O–H groups in total. The van der Waals surface area contributed by atoms with Gasteiger partial charge in [0.15, 0.2) is 17.1 Å². The van der Waals surface area contributed by atoms with Crippen molar-refractivity contribution in [1.82, 2.24) is 30.0 Å². The van der Waals surface area contributed by atoms with Gasteiger partial charge in [0.05, 0.1) is 16.4 Å². The van der Waals surface area contributed by atoms with Gasteiger partial charge < -0.3 is 19.9 Å². The standard InChI is InChI=1S/C48H42F7N7O4S/c1-46(2,3)66-45(65)61-14-12-60(13-15-61)30-9-6-26(7-10-30)44-58-43-37(67-44)22-32(27-5-4-25-8-11-36(63)31(25)19-27)40(57-43)35(18-24-16-28(49)20-29(50)17-24)56-38(64)23-62-42-39(41(59-62)48(53,54)55)33-21-34(33)47(42,51)52/h4-7,9-10,16-17,19-20,22,33-35H,8,11-15,18,21,23H2,1-3H3,(H,56,64)/t33-,34+,35-/m0/s1. The molecule has 348 valence electrons. The Morgan fingerprint density at radius 1 is 0.896 bits per heavy atom. The molecule has 6 aromatic rings. The Hall–Kier alpha value is -6.37. The number of thiazole rings is 1. The number of anilines is 1. The Kier molecular flexibility index (Phi) is 10.7. The topological polar surface area (TPSA) is 123 Å². The number of piperazine rings is 1. The Bertz CT molecular complexity index is 2970. The van der Waals surface area contributed by atoms with Crippen LogP contribution in [0.1, 0.15) is 89.7 Å². The number of aryl methyl sites for hydroxylation is 1. The van der Waals surface area contributed by atoms with E-state index in [0.29, 0.717) is 76.2 Å². The van der Waals surface area contributed by atoms with E-state index < -0.39 is 76.6 Å². The first kappa shape index (κ1) is 44.5. The number of halogens is 7. The second-order valence-corrected chi connectivity index (χ2v) is 19.5. The number of carbonyl (C=O) groups excluding carboxylic acids is 3. The highest BCUT2D eigenvalue weighted by Crippen LogP contribution is 2.68. The molecule has 0 spiro atoms. The average Bonchev–Trinajstić information content (AvgIpc) is 3.48. The minimum Gasteiger partial charge on any atom is -0.444 e. The Labute approximate surface area is 382 Å². The molecule has 1 saturated heterocycles. The highest BCUT2D eigenvalue weighted by Gasteiger charge is 2.68. The van der Waals surface area contributed by atoms with E-state index in [0.717, 1.165) is 28.9 Å². The largest absolute Gasteiger partial charge is 0.444 e. The number of benzene rings is 3. The molecule has 1 aliphatic heterocycles. The predicted molar refractivity (Wildman–Crippen MR) is 234 cm³/mol. The van der Waals surface area contributed by atoms with Crippen molar-refractivity contribution < 1.29 is 49.9 Å². The van der Waals surface area contributed by atoms with E-state index in [1.165, 1.54) is 11.3 Å². The minimum atomic E-state index is -5.05. The van der Waals surface area contributed by atoms with Crippen LogP contribution in [0, 0.1) is 17.6 Å². The molecule has 0 unspecified atom stereocenters. The van der Waals surface area contributed by atoms with Crippen LogP contribution < -0.4 is 10.2 Å². The van der Waals surface area contributed by atoms with Gasteiger partial charge in [-0.15, -0.1) is 11.3 Å². The fourth-order valence-corrected chi connectivity index (χ4v) is 10.5. The molecular formula is C48H42F7N7O4S. The van der Waals surface area contributed by atoms with Crippen molar-refractivity contribution in [2.24, 2.45) is 5.92 Å². The molecule has 67 heavy (non-hydrogen) atoms. The van der Waals surface area contributed by atoms with Crippen molar-refractivity contribution >= 4 is 45.2 Å². The van der Waals surface area contributed by atoms with E-state index in [-0.39, 0.29) is 41.6 Å². The van der Waals surface area contributed by atoms with Crippen molar-refractivity contribution in [3.63, 3.8) is 0 Å². The first-order chi connectivity index (χ1) is 31.7.